The number of aryl methyl sites for hydroxylation is 1. The van der Waals surface area contributed by atoms with Gasteiger partial charge in [-0.15, -0.1) is 0 Å². The minimum absolute atomic E-state index is 1.34. The number of aromatic nitrogens is 1. The Morgan fingerprint density at radius 1 is 0.750 bits per heavy atom. The first-order chi connectivity index (χ1) is 11.7. The van der Waals surface area contributed by atoms with Crippen LogP contribution in [-0.2, 0) is 7.05 Å². The van der Waals surface area contributed by atoms with Crippen LogP contribution in [0.15, 0.2) is 78.9 Å². The molecule has 1 unspecified atom stereocenters. The summed E-state index contributed by atoms with van der Waals surface area (Å²) in [6.45, 7) is 2.51. The molecule has 2 heteroatoms. The zero-order valence-corrected chi connectivity index (χ0v) is 15.0. The fourth-order valence-corrected chi connectivity index (χ4v) is 9.02. The molecule has 2 heterocycles. The van der Waals surface area contributed by atoms with Gasteiger partial charge < -0.3 is 4.57 Å². The lowest BCUT2D eigenvalue weighted by molar-refractivity contribution is 0.999. The van der Waals surface area contributed by atoms with Crippen molar-refractivity contribution >= 4 is 34.7 Å². The van der Waals surface area contributed by atoms with E-state index in [0.29, 0.717) is 0 Å². The Labute approximate surface area is 143 Å². The summed E-state index contributed by atoms with van der Waals surface area (Å²) in [6.07, 6.45) is 0. The summed E-state index contributed by atoms with van der Waals surface area (Å²) in [6, 6.07) is 29.0. The summed E-state index contributed by atoms with van der Waals surface area (Å²) in [5.41, 5.74) is 4.23. The van der Waals surface area contributed by atoms with Crippen molar-refractivity contribution in [2.75, 3.05) is 0 Å². The third-order valence-corrected chi connectivity index (χ3v) is 10.2. The Morgan fingerprint density at radius 2 is 1.42 bits per heavy atom. The van der Waals surface area contributed by atoms with Crippen LogP contribution in [0.1, 0.15) is 0 Å². The molecule has 1 aromatic heterocycles. The Hall–Kier alpha value is -2.58. The van der Waals surface area contributed by atoms with E-state index < -0.39 is 8.07 Å². The van der Waals surface area contributed by atoms with Crippen LogP contribution in [0.5, 0.6) is 0 Å². The van der Waals surface area contributed by atoms with Crippen LogP contribution in [0.2, 0.25) is 6.55 Å². The molecule has 3 aromatic carbocycles. The number of rotatable bonds is 1. The van der Waals surface area contributed by atoms with E-state index in [9.17, 15) is 0 Å². The van der Waals surface area contributed by atoms with Crippen molar-refractivity contribution in [1.82, 2.24) is 4.57 Å². The van der Waals surface area contributed by atoms with Gasteiger partial charge in [0.15, 0.2) is 8.07 Å². The first-order valence-corrected chi connectivity index (χ1v) is 11.0. The first kappa shape index (κ1) is 13.8. The average molecular weight is 325 g/mol. The van der Waals surface area contributed by atoms with Crippen LogP contribution in [0.25, 0.3) is 22.0 Å². The predicted octanol–water partition coefficient (Wildman–Crippen LogP) is 3.26. The molecule has 1 nitrogen and oxygen atoms in total. The standard InChI is InChI=1S/C22H19NSi/c1-23-19-14-8-6-12-17(19)21-18-13-7-9-15-20(18)24(2,22(21)23)16-10-4-3-5-11-16/h3-15H,1-2H3. The fraction of sp³-hybridized carbons (Fsp3) is 0.0909. The van der Waals surface area contributed by atoms with Gasteiger partial charge in [0.1, 0.15) is 0 Å². The smallest absolute Gasteiger partial charge is 0.167 e. The number of hydrogen-bond donors (Lipinski definition) is 0. The molecule has 1 aliphatic rings. The van der Waals surface area contributed by atoms with Gasteiger partial charge in [-0.25, -0.2) is 0 Å². The molecule has 5 rings (SSSR count). The molecular weight excluding hydrogens is 306 g/mol. The summed E-state index contributed by atoms with van der Waals surface area (Å²) in [5.74, 6) is 0. The van der Waals surface area contributed by atoms with E-state index >= 15 is 0 Å². The molecule has 0 spiro atoms. The second kappa shape index (κ2) is 4.71. The number of fused-ring (bicyclic) bond motifs is 5. The number of nitrogens with zero attached hydrogens (tertiary/aromatic N) is 1. The zero-order chi connectivity index (χ0) is 16.3. The second-order valence-electron chi connectivity index (χ2n) is 6.84. The summed E-state index contributed by atoms with van der Waals surface area (Å²) < 4.78 is 2.45. The molecule has 0 saturated carbocycles. The predicted molar refractivity (Wildman–Crippen MR) is 105 cm³/mol. The second-order valence-corrected chi connectivity index (χ2v) is 10.7. The molecular formula is C22H19NSi. The fourth-order valence-electron chi connectivity index (χ4n) is 4.58. The van der Waals surface area contributed by atoms with Crippen LogP contribution in [-0.4, -0.2) is 12.6 Å². The van der Waals surface area contributed by atoms with Crippen molar-refractivity contribution in [3.8, 4) is 11.1 Å². The van der Waals surface area contributed by atoms with Gasteiger partial charge in [0, 0.05) is 28.8 Å². The molecule has 1 aliphatic heterocycles. The highest BCUT2D eigenvalue weighted by atomic mass is 28.3. The van der Waals surface area contributed by atoms with Crippen molar-refractivity contribution < 1.29 is 0 Å². The Bertz CT molecular complexity index is 1080. The number of hydrogen-bond acceptors (Lipinski definition) is 0. The molecule has 0 aliphatic carbocycles. The van der Waals surface area contributed by atoms with Crippen molar-refractivity contribution in [2.24, 2.45) is 7.05 Å². The van der Waals surface area contributed by atoms with E-state index in [1.165, 1.54) is 32.5 Å². The van der Waals surface area contributed by atoms with Crippen LogP contribution in [0, 0.1) is 0 Å². The van der Waals surface area contributed by atoms with Gasteiger partial charge in [-0.3, -0.25) is 0 Å². The van der Waals surface area contributed by atoms with E-state index in [-0.39, 0.29) is 0 Å². The van der Waals surface area contributed by atoms with Crippen molar-refractivity contribution in [3.63, 3.8) is 0 Å². The van der Waals surface area contributed by atoms with E-state index in [4.69, 9.17) is 0 Å². The maximum absolute atomic E-state index is 2.51. The van der Waals surface area contributed by atoms with Gasteiger partial charge in [-0.1, -0.05) is 79.3 Å². The van der Waals surface area contributed by atoms with Crippen LogP contribution >= 0.6 is 0 Å². The molecule has 116 valence electrons. The quantitative estimate of drug-likeness (QED) is 0.473. The van der Waals surface area contributed by atoms with Gasteiger partial charge in [-0.2, -0.15) is 0 Å². The molecule has 0 amide bonds. The summed E-state index contributed by atoms with van der Waals surface area (Å²) in [7, 11) is 0.269. The molecule has 0 fully saturated rings. The average Bonchev–Trinajstić information content (AvgIpc) is 3.09. The summed E-state index contributed by atoms with van der Waals surface area (Å²) in [5, 5.41) is 5.95. The van der Waals surface area contributed by atoms with Gasteiger partial charge in [0.2, 0.25) is 0 Å². The van der Waals surface area contributed by atoms with Crippen molar-refractivity contribution in [3.05, 3.63) is 78.9 Å². The van der Waals surface area contributed by atoms with E-state index in [2.05, 4.69) is 97.0 Å². The van der Waals surface area contributed by atoms with E-state index in [1.54, 1.807) is 5.19 Å². The highest BCUT2D eigenvalue weighted by Gasteiger charge is 2.46. The van der Waals surface area contributed by atoms with E-state index in [1.807, 2.05) is 0 Å². The van der Waals surface area contributed by atoms with Crippen molar-refractivity contribution in [1.29, 1.82) is 0 Å². The highest BCUT2D eigenvalue weighted by Crippen LogP contribution is 2.35. The molecule has 4 aromatic rings. The van der Waals surface area contributed by atoms with Gasteiger partial charge in [-0.05, 0) is 22.0 Å². The Balaban J connectivity index is 1.99. The maximum atomic E-state index is 2.51. The minimum atomic E-state index is -1.97. The van der Waals surface area contributed by atoms with Gasteiger partial charge in [0.25, 0.3) is 0 Å². The molecule has 0 saturated heterocycles. The molecule has 0 N–H and O–H groups in total. The first-order valence-electron chi connectivity index (χ1n) is 8.46. The van der Waals surface area contributed by atoms with Crippen LogP contribution < -0.4 is 15.7 Å². The monoisotopic (exact) mass is 325 g/mol. The lowest BCUT2D eigenvalue weighted by Crippen LogP contribution is -2.64. The normalized spacial score (nSPS) is 18.6. The Morgan fingerprint density at radius 3 is 2.25 bits per heavy atom. The molecule has 0 bridgehead atoms. The largest absolute Gasteiger partial charge is 0.350 e. The number of para-hydroxylation sites is 1. The van der Waals surface area contributed by atoms with E-state index in [0.717, 1.165) is 0 Å². The Kier molecular flexibility index (Phi) is 2.71. The topological polar surface area (TPSA) is 4.93 Å². The zero-order valence-electron chi connectivity index (χ0n) is 14.0. The third kappa shape index (κ3) is 1.54. The third-order valence-electron chi connectivity index (χ3n) is 5.67. The lowest BCUT2D eigenvalue weighted by atomic mass is 10.1. The molecule has 24 heavy (non-hydrogen) atoms. The van der Waals surface area contributed by atoms with Gasteiger partial charge in [0.05, 0.1) is 0 Å². The maximum Gasteiger partial charge on any atom is 0.167 e. The highest BCUT2D eigenvalue weighted by molar-refractivity contribution is 7.13. The van der Waals surface area contributed by atoms with Crippen LogP contribution in [0.3, 0.4) is 0 Å². The summed E-state index contributed by atoms with van der Waals surface area (Å²) >= 11 is 0. The SMILES string of the molecule is Cn1c2c(c3ccccc31)-c1ccccc1[Si]2(C)c1ccccc1. The minimum Gasteiger partial charge on any atom is -0.350 e. The summed E-state index contributed by atoms with van der Waals surface area (Å²) in [4.78, 5) is 0. The molecule has 0 radical (unpaired) electrons. The van der Waals surface area contributed by atoms with Crippen LogP contribution in [0.4, 0.5) is 0 Å². The number of benzene rings is 3. The van der Waals surface area contributed by atoms with Gasteiger partial charge >= 0.3 is 0 Å². The molecule has 1 atom stereocenters. The van der Waals surface area contributed by atoms with Crippen molar-refractivity contribution in [2.45, 2.75) is 6.55 Å². The lowest BCUT2D eigenvalue weighted by Gasteiger charge is -2.26.